The Kier molecular flexibility index (Phi) is 3.65. The molecule has 0 aliphatic rings. The van der Waals surface area contributed by atoms with Gasteiger partial charge in [-0.05, 0) is 46.8 Å². The van der Waals surface area contributed by atoms with E-state index in [9.17, 15) is 4.79 Å². The molecular weight excluding hydrogens is 296 g/mol. The molecule has 0 fully saturated rings. The van der Waals surface area contributed by atoms with Gasteiger partial charge in [0.1, 0.15) is 5.84 Å². The molecule has 0 saturated carbocycles. The van der Waals surface area contributed by atoms with Crippen LogP contribution in [0.15, 0.2) is 48.5 Å². The molecule has 5 heteroatoms. The summed E-state index contributed by atoms with van der Waals surface area (Å²) in [5.41, 5.74) is 8.14. The Bertz CT molecular complexity index is 866. The third-order valence-corrected chi connectivity index (χ3v) is 4.57. The largest absolute Gasteiger partial charge is 0.465 e. The van der Waals surface area contributed by atoms with Crippen molar-refractivity contribution in [1.82, 2.24) is 0 Å². The maximum atomic E-state index is 11.4. The van der Waals surface area contributed by atoms with Gasteiger partial charge in [-0.15, -0.1) is 11.3 Å². The van der Waals surface area contributed by atoms with E-state index < -0.39 is 0 Å². The fraction of sp³-hybridized carbons (Fsp3) is 0.0588. The molecule has 0 spiro atoms. The number of ether oxygens (including phenoxy) is 1. The van der Waals surface area contributed by atoms with Crippen LogP contribution >= 0.6 is 11.3 Å². The summed E-state index contributed by atoms with van der Waals surface area (Å²) in [4.78, 5) is 12.2. The van der Waals surface area contributed by atoms with Crippen molar-refractivity contribution in [3.63, 3.8) is 0 Å². The van der Waals surface area contributed by atoms with Crippen molar-refractivity contribution in [2.75, 3.05) is 7.11 Å². The Morgan fingerprint density at radius 3 is 2.41 bits per heavy atom. The topological polar surface area (TPSA) is 76.2 Å². The number of carbonyl (C=O) groups excluding carboxylic acids is 1. The molecule has 0 radical (unpaired) electrons. The second-order valence-corrected chi connectivity index (χ2v) is 5.93. The maximum Gasteiger partial charge on any atom is 0.337 e. The molecule has 110 valence electrons. The second-order valence-electron chi connectivity index (χ2n) is 4.85. The Morgan fingerprint density at radius 1 is 1.09 bits per heavy atom. The molecule has 0 saturated heterocycles. The van der Waals surface area contributed by atoms with E-state index in [1.165, 1.54) is 18.4 Å². The van der Waals surface area contributed by atoms with Crippen molar-refractivity contribution in [2.45, 2.75) is 0 Å². The molecule has 0 amide bonds. The molecule has 22 heavy (non-hydrogen) atoms. The number of methoxy groups -OCH3 is 1. The summed E-state index contributed by atoms with van der Waals surface area (Å²) in [5, 5.41) is 8.57. The van der Waals surface area contributed by atoms with Crippen molar-refractivity contribution in [3.8, 4) is 11.1 Å². The highest BCUT2D eigenvalue weighted by atomic mass is 32.1. The first-order chi connectivity index (χ1) is 10.6. The summed E-state index contributed by atoms with van der Waals surface area (Å²) in [5.74, 6) is -0.254. The predicted octanol–water partition coefficient (Wildman–Crippen LogP) is 3.64. The summed E-state index contributed by atoms with van der Waals surface area (Å²) in [6.45, 7) is 0. The van der Waals surface area contributed by atoms with E-state index in [2.05, 4.69) is 6.07 Å². The van der Waals surface area contributed by atoms with Crippen LogP contribution in [0.3, 0.4) is 0 Å². The molecule has 1 aromatic heterocycles. The third kappa shape index (κ3) is 2.58. The SMILES string of the molecule is COC(=O)c1ccc(-c2ccc3sc(C(=N)N)cc3c2)cc1. The molecule has 1 heterocycles. The molecule has 0 aliphatic heterocycles. The van der Waals surface area contributed by atoms with E-state index in [0.29, 0.717) is 5.56 Å². The molecule has 3 N–H and O–H groups in total. The monoisotopic (exact) mass is 310 g/mol. The number of nitrogen functional groups attached to an aromatic ring is 1. The lowest BCUT2D eigenvalue weighted by Crippen LogP contribution is -2.08. The van der Waals surface area contributed by atoms with E-state index in [1.807, 2.05) is 30.3 Å². The highest BCUT2D eigenvalue weighted by Crippen LogP contribution is 2.30. The van der Waals surface area contributed by atoms with E-state index in [0.717, 1.165) is 26.1 Å². The first-order valence-corrected chi connectivity index (χ1v) is 7.47. The fourth-order valence-corrected chi connectivity index (χ4v) is 3.18. The van der Waals surface area contributed by atoms with Gasteiger partial charge in [-0.25, -0.2) is 4.79 Å². The smallest absolute Gasteiger partial charge is 0.337 e. The van der Waals surface area contributed by atoms with Crippen LogP contribution < -0.4 is 5.73 Å². The number of fused-ring (bicyclic) bond motifs is 1. The zero-order chi connectivity index (χ0) is 15.7. The van der Waals surface area contributed by atoms with Crippen LogP contribution in [0.1, 0.15) is 15.2 Å². The van der Waals surface area contributed by atoms with E-state index in [1.54, 1.807) is 12.1 Å². The summed E-state index contributed by atoms with van der Waals surface area (Å²) in [7, 11) is 1.37. The fourth-order valence-electron chi connectivity index (χ4n) is 2.27. The quantitative estimate of drug-likeness (QED) is 0.440. The number of esters is 1. The van der Waals surface area contributed by atoms with Crippen molar-refractivity contribution in [2.24, 2.45) is 5.73 Å². The molecule has 3 aromatic rings. The van der Waals surface area contributed by atoms with Crippen LogP contribution in [0, 0.1) is 5.41 Å². The number of hydrogen-bond donors (Lipinski definition) is 2. The summed E-state index contributed by atoms with van der Waals surface area (Å²) < 4.78 is 5.79. The average molecular weight is 310 g/mol. The first kappa shape index (κ1) is 14.3. The van der Waals surface area contributed by atoms with E-state index >= 15 is 0 Å². The minimum Gasteiger partial charge on any atom is -0.465 e. The summed E-state index contributed by atoms with van der Waals surface area (Å²) in [6.07, 6.45) is 0. The van der Waals surface area contributed by atoms with Gasteiger partial charge in [0.2, 0.25) is 0 Å². The van der Waals surface area contributed by atoms with Gasteiger partial charge >= 0.3 is 5.97 Å². The molecule has 4 nitrogen and oxygen atoms in total. The van der Waals surface area contributed by atoms with E-state index in [-0.39, 0.29) is 11.8 Å². The van der Waals surface area contributed by atoms with Crippen LogP contribution in [0.2, 0.25) is 0 Å². The minimum absolute atomic E-state index is 0.0881. The normalized spacial score (nSPS) is 10.6. The van der Waals surface area contributed by atoms with Gasteiger partial charge in [0.05, 0.1) is 17.6 Å². The molecular formula is C17H14N2O2S. The summed E-state index contributed by atoms with van der Waals surface area (Å²) in [6, 6.07) is 15.3. The van der Waals surface area contributed by atoms with Crippen LogP contribution in [-0.2, 0) is 4.74 Å². The highest BCUT2D eigenvalue weighted by Gasteiger charge is 2.08. The number of rotatable bonds is 3. The molecule has 2 aromatic carbocycles. The highest BCUT2D eigenvalue weighted by molar-refractivity contribution is 7.20. The van der Waals surface area contributed by atoms with Crippen molar-refractivity contribution >= 4 is 33.2 Å². The molecule has 0 bridgehead atoms. The zero-order valence-corrected chi connectivity index (χ0v) is 12.7. The molecule has 0 atom stereocenters. The Balaban J connectivity index is 1.99. The Labute approximate surface area is 131 Å². The van der Waals surface area contributed by atoms with Gasteiger partial charge in [0.25, 0.3) is 0 Å². The van der Waals surface area contributed by atoms with E-state index in [4.69, 9.17) is 15.9 Å². The van der Waals surface area contributed by atoms with Gasteiger partial charge in [-0.1, -0.05) is 18.2 Å². The lowest BCUT2D eigenvalue weighted by atomic mass is 10.0. The number of hydrogen-bond acceptors (Lipinski definition) is 4. The van der Waals surface area contributed by atoms with Gasteiger partial charge < -0.3 is 10.5 Å². The standard InChI is InChI=1S/C17H14N2O2S/c1-21-17(20)11-4-2-10(3-5-11)12-6-7-14-13(8-12)9-15(22-14)16(18)19/h2-9H,1H3,(H3,18,19). The van der Waals surface area contributed by atoms with Gasteiger partial charge in [0.15, 0.2) is 0 Å². The zero-order valence-electron chi connectivity index (χ0n) is 11.9. The lowest BCUT2D eigenvalue weighted by Gasteiger charge is -2.04. The number of nitrogens with two attached hydrogens (primary N) is 1. The average Bonchev–Trinajstić information content (AvgIpc) is 2.97. The van der Waals surface area contributed by atoms with Gasteiger partial charge in [-0.3, -0.25) is 5.41 Å². The van der Waals surface area contributed by atoms with Gasteiger partial charge in [0, 0.05) is 4.70 Å². The molecule has 3 rings (SSSR count). The molecule has 0 unspecified atom stereocenters. The van der Waals surface area contributed by atoms with Crippen LogP contribution in [0.25, 0.3) is 21.2 Å². The number of nitrogens with one attached hydrogen (secondary N) is 1. The van der Waals surface area contributed by atoms with Crippen molar-refractivity contribution < 1.29 is 9.53 Å². The number of thiophene rings is 1. The third-order valence-electron chi connectivity index (χ3n) is 3.42. The lowest BCUT2D eigenvalue weighted by molar-refractivity contribution is 0.0601. The Hall–Kier alpha value is -2.66. The van der Waals surface area contributed by atoms with Crippen LogP contribution in [0.4, 0.5) is 0 Å². The predicted molar refractivity (Wildman–Crippen MR) is 89.6 cm³/mol. The molecule has 0 aliphatic carbocycles. The Morgan fingerprint density at radius 2 is 1.77 bits per heavy atom. The van der Waals surface area contributed by atoms with Gasteiger partial charge in [-0.2, -0.15) is 0 Å². The first-order valence-electron chi connectivity index (χ1n) is 6.65. The maximum absolute atomic E-state index is 11.4. The summed E-state index contributed by atoms with van der Waals surface area (Å²) >= 11 is 1.51. The number of benzene rings is 2. The van der Waals surface area contributed by atoms with Crippen LogP contribution in [0.5, 0.6) is 0 Å². The second kappa shape index (κ2) is 5.61. The number of amidine groups is 1. The minimum atomic E-state index is -0.342. The van der Waals surface area contributed by atoms with Crippen LogP contribution in [-0.4, -0.2) is 18.9 Å². The number of carbonyl (C=O) groups is 1. The van der Waals surface area contributed by atoms with Crippen molar-refractivity contribution in [3.05, 3.63) is 59.0 Å². The van der Waals surface area contributed by atoms with Crippen molar-refractivity contribution in [1.29, 1.82) is 5.41 Å².